The lowest BCUT2D eigenvalue weighted by atomic mass is 10.1. The van der Waals surface area contributed by atoms with E-state index in [4.69, 9.17) is 11.6 Å². The van der Waals surface area contributed by atoms with Crippen molar-refractivity contribution in [3.8, 4) is 0 Å². The highest BCUT2D eigenvalue weighted by Crippen LogP contribution is 2.24. The van der Waals surface area contributed by atoms with Crippen LogP contribution in [-0.2, 0) is 6.42 Å². The topological polar surface area (TPSA) is 51.4 Å². The van der Waals surface area contributed by atoms with Gasteiger partial charge in [0.05, 0.1) is 5.69 Å². The largest absolute Gasteiger partial charge is 0.292 e. The average molecular weight is 383 g/mol. The smallest absolute Gasteiger partial charge is 0.259 e. The minimum atomic E-state index is -1.03. The molecule has 0 saturated heterocycles. The number of ketones is 1. The fourth-order valence-electron chi connectivity index (χ4n) is 2.60. The molecule has 2 aromatic heterocycles. The highest BCUT2D eigenvalue weighted by atomic mass is 35.5. The molecule has 0 fully saturated rings. The summed E-state index contributed by atoms with van der Waals surface area (Å²) in [6, 6.07) is 3.17. The van der Waals surface area contributed by atoms with E-state index in [0.717, 1.165) is 12.1 Å². The van der Waals surface area contributed by atoms with Gasteiger partial charge in [0.25, 0.3) is 5.56 Å². The summed E-state index contributed by atoms with van der Waals surface area (Å²) in [5.41, 5.74) is 0.655. The van der Waals surface area contributed by atoms with Crippen LogP contribution in [0.5, 0.6) is 0 Å². The summed E-state index contributed by atoms with van der Waals surface area (Å²) in [5.74, 6) is -2.18. The van der Waals surface area contributed by atoms with Gasteiger partial charge in [-0.25, -0.2) is 18.2 Å². The Balaban J connectivity index is 2.10. The zero-order valence-corrected chi connectivity index (χ0v) is 15.0. The van der Waals surface area contributed by atoms with Crippen molar-refractivity contribution in [1.29, 1.82) is 0 Å². The Hall–Kier alpha value is -2.12. The predicted octanol–water partition coefficient (Wildman–Crippen LogP) is 4.18. The maximum atomic E-state index is 13.4. The fourth-order valence-corrected chi connectivity index (χ4v) is 3.83. The van der Waals surface area contributed by atoms with E-state index in [1.807, 2.05) is 0 Å². The summed E-state index contributed by atoms with van der Waals surface area (Å²) in [6.45, 7) is 3.48. The number of aromatic nitrogens is 2. The lowest BCUT2D eigenvalue weighted by molar-refractivity contribution is 0.0982. The van der Waals surface area contributed by atoms with E-state index >= 15 is 0 Å². The van der Waals surface area contributed by atoms with Crippen molar-refractivity contribution in [2.75, 3.05) is 0 Å². The van der Waals surface area contributed by atoms with E-state index < -0.39 is 11.6 Å². The Bertz CT molecular complexity index is 1060. The molecule has 0 spiro atoms. The van der Waals surface area contributed by atoms with Gasteiger partial charge >= 0.3 is 0 Å². The lowest BCUT2D eigenvalue weighted by Gasteiger charge is -2.06. The number of Topliss-reactive ketones (excluding diaryl/α,β-unsaturated/α-hetero) is 1. The number of fused-ring (bicyclic) bond motifs is 1. The summed E-state index contributed by atoms with van der Waals surface area (Å²) in [6.07, 6.45) is 0.362. The highest BCUT2D eigenvalue weighted by Gasteiger charge is 2.18. The van der Waals surface area contributed by atoms with Gasteiger partial charge in [-0.05, 0) is 24.6 Å². The van der Waals surface area contributed by atoms with Crippen molar-refractivity contribution in [3.63, 3.8) is 0 Å². The van der Waals surface area contributed by atoms with Crippen molar-refractivity contribution >= 4 is 33.7 Å². The van der Waals surface area contributed by atoms with Gasteiger partial charge in [0.2, 0.25) is 0 Å². The van der Waals surface area contributed by atoms with E-state index in [1.54, 1.807) is 13.8 Å². The Morgan fingerprint density at radius 2 is 1.96 bits per heavy atom. The van der Waals surface area contributed by atoms with Crippen molar-refractivity contribution in [3.05, 3.63) is 67.0 Å². The zero-order chi connectivity index (χ0) is 18.3. The second-order valence-corrected chi connectivity index (χ2v) is 7.11. The first kappa shape index (κ1) is 17.7. The summed E-state index contributed by atoms with van der Waals surface area (Å²) in [7, 11) is 0. The molecule has 25 heavy (non-hydrogen) atoms. The Morgan fingerprint density at radius 3 is 2.64 bits per heavy atom. The number of carbonyl (C=O) groups is 1. The molecule has 0 saturated carbocycles. The third-order valence-corrected chi connectivity index (χ3v) is 5.10. The number of nitrogens with zero attached hydrogens (tertiary/aromatic N) is 2. The molecule has 4 nitrogen and oxygen atoms in total. The average Bonchev–Trinajstić information content (AvgIpc) is 2.88. The third kappa shape index (κ3) is 3.21. The van der Waals surface area contributed by atoms with Crippen LogP contribution in [0.4, 0.5) is 8.78 Å². The predicted molar refractivity (Wildman–Crippen MR) is 92.9 cm³/mol. The number of thiazole rings is 1. The number of hydrogen-bond acceptors (Lipinski definition) is 4. The van der Waals surface area contributed by atoms with Crippen LogP contribution in [0.3, 0.4) is 0 Å². The van der Waals surface area contributed by atoms with Crippen LogP contribution in [0.25, 0.3) is 4.96 Å². The number of hydrogen-bond donors (Lipinski definition) is 0. The summed E-state index contributed by atoms with van der Waals surface area (Å²) in [4.78, 5) is 30.0. The molecule has 0 unspecified atom stereocenters. The Kier molecular flexibility index (Phi) is 4.71. The molecule has 8 heteroatoms. The monoisotopic (exact) mass is 382 g/mol. The summed E-state index contributed by atoms with van der Waals surface area (Å²) < 4.78 is 27.9. The van der Waals surface area contributed by atoms with E-state index in [2.05, 4.69) is 4.98 Å². The molecule has 1 aromatic carbocycles. The molecule has 0 aliphatic heterocycles. The second kappa shape index (κ2) is 6.65. The number of aryl methyl sites for hydroxylation is 1. The molecular formula is C17H13ClF2N2O2S. The molecule has 0 amide bonds. The Labute approximate surface area is 150 Å². The van der Waals surface area contributed by atoms with Crippen LogP contribution < -0.4 is 5.56 Å². The third-order valence-electron chi connectivity index (χ3n) is 3.79. The van der Waals surface area contributed by atoms with Crippen LogP contribution in [0, 0.1) is 18.6 Å². The van der Waals surface area contributed by atoms with Crippen molar-refractivity contribution in [2.24, 2.45) is 0 Å². The maximum absolute atomic E-state index is 13.4. The number of carbonyl (C=O) groups excluding carboxylic acids is 1. The standard InChI is InChI=1S/C17H13ClF2N2O2S/c1-3-14(23)16-8(2)25-17-21-10(6-15(24)22(16)17)4-9-5-12(19)13(20)7-11(9)18/h5-7H,3-4H2,1-2H3. The van der Waals surface area contributed by atoms with Gasteiger partial charge in [-0.1, -0.05) is 18.5 Å². The number of halogens is 3. The van der Waals surface area contributed by atoms with Gasteiger partial charge < -0.3 is 0 Å². The minimum Gasteiger partial charge on any atom is -0.292 e. The molecule has 0 bridgehead atoms. The minimum absolute atomic E-state index is 0.0603. The summed E-state index contributed by atoms with van der Waals surface area (Å²) in [5, 5.41) is 0.0603. The van der Waals surface area contributed by atoms with E-state index in [0.29, 0.717) is 26.8 Å². The van der Waals surface area contributed by atoms with Gasteiger partial charge in [-0.3, -0.25) is 9.59 Å². The van der Waals surface area contributed by atoms with Gasteiger partial charge in [0.15, 0.2) is 22.4 Å². The molecule has 2 heterocycles. The van der Waals surface area contributed by atoms with Crippen LogP contribution in [-0.4, -0.2) is 15.2 Å². The first-order valence-corrected chi connectivity index (χ1v) is 8.70. The van der Waals surface area contributed by atoms with E-state index in [9.17, 15) is 18.4 Å². The molecule has 0 radical (unpaired) electrons. The van der Waals surface area contributed by atoms with E-state index in [1.165, 1.54) is 21.8 Å². The second-order valence-electron chi connectivity index (χ2n) is 5.52. The van der Waals surface area contributed by atoms with Crippen LogP contribution >= 0.6 is 22.9 Å². The highest BCUT2D eigenvalue weighted by molar-refractivity contribution is 7.17. The quantitative estimate of drug-likeness (QED) is 0.502. The van der Waals surface area contributed by atoms with Gasteiger partial charge in [-0.2, -0.15) is 0 Å². The van der Waals surface area contributed by atoms with Crippen LogP contribution in [0.1, 0.15) is 40.0 Å². The lowest BCUT2D eigenvalue weighted by Crippen LogP contribution is -2.19. The Morgan fingerprint density at radius 1 is 1.28 bits per heavy atom. The van der Waals surface area contributed by atoms with Crippen molar-refractivity contribution in [1.82, 2.24) is 9.38 Å². The zero-order valence-electron chi connectivity index (χ0n) is 13.4. The molecule has 3 aromatic rings. The molecule has 0 N–H and O–H groups in total. The fraction of sp³-hybridized carbons (Fsp3) is 0.235. The SMILES string of the molecule is CCC(=O)c1c(C)sc2nc(Cc3cc(F)c(F)cc3Cl)cc(=O)n12. The number of benzene rings is 1. The molecular weight excluding hydrogens is 370 g/mol. The normalized spacial score (nSPS) is 11.2. The first-order chi connectivity index (χ1) is 11.8. The van der Waals surface area contributed by atoms with Gasteiger partial charge in [-0.15, -0.1) is 11.3 Å². The van der Waals surface area contributed by atoms with Crippen molar-refractivity contribution in [2.45, 2.75) is 26.7 Å². The maximum Gasteiger partial charge on any atom is 0.259 e. The molecule has 3 rings (SSSR count). The van der Waals surface area contributed by atoms with Crippen molar-refractivity contribution < 1.29 is 13.6 Å². The number of rotatable bonds is 4. The first-order valence-electron chi connectivity index (χ1n) is 7.50. The van der Waals surface area contributed by atoms with Gasteiger partial charge in [0, 0.05) is 28.8 Å². The van der Waals surface area contributed by atoms with E-state index in [-0.39, 0.29) is 29.2 Å². The molecule has 0 aliphatic carbocycles. The van der Waals surface area contributed by atoms with Gasteiger partial charge in [0.1, 0.15) is 5.69 Å². The molecule has 130 valence electrons. The molecule has 0 aliphatic rings. The van der Waals surface area contributed by atoms with Crippen LogP contribution in [0.15, 0.2) is 23.0 Å². The molecule has 0 atom stereocenters. The van der Waals surface area contributed by atoms with Crippen LogP contribution in [0.2, 0.25) is 5.02 Å². The summed E-state index contributed by atoms with van der Waals surface area (Å²) >= 11 is 7.17.